The van der Waals surface area contributed by atoms with E-state index in [0.29, 0.717) is 17.7 Å². The van der Waals surface area contributed by atoms with Crippen LogP contribution in [0.15, 0.2) is 12.3 Å². The number of hydrogen-bond acceptors (Lipinski definition) is 5. The zero-order valence-corrected chi connectivity index (χ0v) is 13.5. The van der Waals surface area contributed by atoms with E-state index in [1.807, 2.05) is 13.8 Å². The third-order valence-corrected chi connectivity index (χ3v) is 3.61. The van der Waals surface area contributed by atoms with E-state index >= 15 is 0 Å². The molecule has 1 atom stereocenters. The van der Waals surface area contributed by atoms with Crippen LogP contribution in [-0.4, -0.2) is 47.2 Å². The minimum absolute atomic E-state index is 0.130. The summed E-state index contributed by atoms with van der Waals surface area (Å²) in [6.45, 7) is 10.8. The van der Waals surface area contributed by atoms with Crippen LogP contribution >= 0.6 is 0 Å². The largest absolute Gasteiger partial charge is 0.475 e. The average molecular weight is 292 g/mol. The quantitative estimate of drug-likeness (QED) is 0.837. The Kier molecular flexibility index (Phi) is 6.23. The van der Waals surface area contributed by atoms with Gasteiger partial charge in [0, 0.05) is 25.4 Å². The van der Waals surface area contributed by atoms with Gasteiger partial charge in [-0.25, -0.2) is 4.98 Å². The molecule has 0 aromatic carbocycles. The first-order valence-electron chi connectivity index (χ1n) is 8.09. The van der Waals surface area contributed by atoms with E-state index in [1.54, 1.807) is 12.3 Å². The first-order valence-corrected chi connectivity index (χ1v) is 8.09. The van der Waals surface area contributed by atoms with E-state index in [1.165, 1.54) is 32.4 Å². The Morgan fingerprint density at radius 3 is 2.71 bits per heavy atom. The van der Waals surface area contributed by atoms with Gasteiger partial charge in [0.15, 0.2) is 0 Å². The highest BCUT2D eigenvalue weighted by Crippen LogP contribution is 2.13. The molecule has 1 aliphatic heterocycles. The van der Waals surface area contributed by atoms with Crippen LogP contribution in [0.1, 0.15) is 40.0 Å². The second-order valence-corrected chi connectivity index (χ2v) is 6.23. The lowest BCUT2D eigenvalue weighted by atomic mass is 10.1. The van der Waals surface area contributed by atoms with Crippen molar-refractivity contribution in [3.63, 3.8) is 0 Å². The third-order valence-electron chi connectivity index (χ3n) is 3.61. The molecule has 2 rings (SSSR count). The van der Waals surface area contributed by atoms with E-state index in [9.17, 15) is 0 Å². The van der Waals surface area contributed by atoms with Crippen LogP contribution in [-0.2, 0) is 0 Å². The number of nitrogens with zero attached hydrogens (tertiary/aromatic N) is 3. The van der Waals surface area contributed by atoms with Crippen molar-refractivity contribution in [3.05, 3.63) is 12.3 Å². The summed E-state index contributed by atoms with van der Waals surface area (Å²) in [6.07, 6.45) is 5.95. The normalized spacial score (nSPS) is 17.7. The zero-order valence-electron chi connectivity index (χ0n) is 13.5. The molecule has 5 heteroatoms. The van der Waals surface area contributed by atoms with Crippen molar-refractivity contribution >= 4 is 5.95 Å². The zero-order chi connectivity index (χ0) is 15.1. The van der Waals surface area contributed by atoms with Gasteiger partial charge in [-0.2, -0.15) is 4.98 Å². The molecule has 1 N–H and O–H groups in total. The summed E-state index contributed by atoms with van der Waals surface area (Å²) in [5, 5.41) is 3.32. The summed E-state index contributed by atoms with van der Waals surface area (Å²) < 4.78 is 5.58. The van der Waals surface area contributed by atoms with Gasteiger partial charge in [0.2, 0.25) is 11.8 Å². The van der Waals surface area contributed by atoms with Crippen LogP contribution in [0.25, 0.3) is 0 Å². The van der Waals surface area contributed by atoms with E-state index in [-0.39, 0.29) is 6.10 Å². The Bertz CT molecular complexity index is 418. The molecule has 1 aromatic heterocycles. The first kappa shape index (κ1) is 16.0. The van der Waals surface area contributed by atoms with Crippen molar-refractivity contribution < 1.29 is 4.74 Å². The lowest BCUT2D eigenvalue weighted by Crippen LogP contribution is -2.35. The average Bonchev–Trinajstić information content (AvgIpc) is 2.46. The number of likely N-dealkylation sites (tertiary alicyclic amines) is 1. The molecule has 0 radical (unpaired) electrons. The lowest BCUT2D eigenvalue weighted by Gasteiger charge is -2.29. The summed E-state index contributed by atoms with van der Waals surface area (Å²) in [5.74, 6) is 1.87. The van der Waals surface area contributed by atoms with Crippen LogP contribution in [0.2, 0.25) is 0 Å². The van der Waals surface area contributed by atoms with Gasteiger partial charge in [0.1, 0.15) is 0 Å². The van der Waals surface area contributed by atoms with Crippen molar-refractivity contribution in [3.8, 4) is 5.88 Å². The molecule has 0 spiro atoms. The Hall–Kier alpha value is -1.36. The fourth-order valence-corrected chi connectivity index (χ4v) is 2.65. The smallest absolute Gasteiger partial charge is 0.225 e. The summed E-state index contributed by atoms with van der Waals surface area (Å²) >= 11 is 0. The number of ether oxygens (including phenoxy) is 1. The molecule has 118 valence electrons. The SMILES string of the molecule is CC(CNc1nccc(OC(C)C)n1)CN1CCCCC1. The second-order valence-electron chi connectivity index (χ2n) is 6.23. The van der Waals surface area contributed by atoms with Crippen LogP contribution in [0.3, 0.4) is 0 Å². The van der Waals surface area contributed by atoms with Crippen LogP contribution < -0.4 is 10.1 Å². The molecular weight excluding hydrogens is 264 g/mol. The van der Waals surface area contributed by atoms with E-state index in [4.69, 9.17) is 4.74 Å². The van der Waals surface area contributed by atoms with Crippen molar-refractivity contribution in [2.45, 2.75) is 46.1 Å². The van der Waals surface area contributed by atoms with E-state index in [0.717, 1.165) is 13.1 Å². The predicted octanol–water partition coefficient (Wildman–Crippen LogP) is 2.80. The third kappa shape index (κ3) is 5.87. The lowest BCUT2D eigenvalue weighted by molar-refractivity contribution is 0.204. The fourth-order valence-electron chi connectivity index (χ4n) is 2.65. The minimum atomic E-state index is 0.130. The molecule has 1 aliphatic rings. The van der Waals surface area contributed by atoms with Gasteiger partial charge in [-0.3, -0.25) is 0 Å². The summed E-state index contributed by atoms with van der Waals surface area (Å²) in [5.41, 5.74) is 0. The number of aromatic nitrogens is 2. The second kappa shape index (κ2) is 8.17. The number of hydrogen-bond donors (Lipinski definition) is 1. The Labute approximate surface area is 128 Å². The number of anilines is 1. The maximum absolute atomic E-state index is 5.58. The number of nitrogens with one attached hydrogen (secondary N) is 1. The molecule has 1 fully saturated rings. The molecule has 0 bridgehead atoms. The maximum atomic E-state index is 5.58. The van der Waals surface area contributed by atoms with Crippen LogP contribution in [0, 0.1) is 5.92 Å². The highest BCUT2D eigenvalue weighted by molar-refractivity contribution is 5.27. The summed E-state index contributed by atoms with van der Waals surface area (Å²) in [7, 11) is 0. The number of piperidine rings is 1. The van der Waals surface area contributed by atoms with Crippen LogP contribution in [0.4, 0.5) is 5.95 Å². The van der Waals surface area contributed by atoms with E-state index < -0.39 is 0 Å². The van der Waals surface area contributed by atoms with Gasteiger partial charge in [-0.1, -0.05) is 13.3 Å². The maximum Gasteiger partial charge on any atom is 0.225 e. The summed E-state index contributed by atoms with van der Waals surface area (Å²) in [4.78, 5) is 11.2. The predicted molar refractivity (Wildman–Crippen MR) is 85.7 cm³/mol. The first-order chi connectivity index (χ1) is 10.1. The van der Waals surface area contributed by atoms with Gasteiger partial charge in [-0.15, -0.1) is 0 Å². The molecule has 0 amide bonds. The highest BCUT2D eigenvalue weighted by Gasteiger charge is 2.13. The molecule has 1 unspecified atom stereocenters. The minimum Gasteiger partial charge on any atom is -0.475 e. The molecule has 21 heavy (non-hydrogen) atoms. The summed E-state index contributed by atoms with van der Waals surface area (Å²) in [6, 6.07) is 1.79. The van der Waals surface area contributed by atoms with Gasteiger partial charge in [0.05, 0.1) is 6.10 Å². The molecule has 0 aliphatic carbocycles. The highest BCUT2D eigenvalue weighted by atomic mass is 16.5. The fraction of sp³-hybridized carbons (Fsp3) is 0.750. The standard InChI is InChI=1S/C16H28N4O/c1-13(2)21-15-7-8-17-16(19-15)18-11-14(3)12-20-9-5-4-6-10-20/h7-8,13-14H,4-6,9-12H2,1-3H3,(H,17,18,19). The van der Waals surface area contributed by atoms with Crippen molar-refractivity contribution in [2.24, 2.45) is 5.92 Å². The molecule has 5 nitrogen and oxygen atoms in total. The van der Waals surface area contributed by atoms with Crippen molar-refractivity contribution in [2.75, 3.05) is 31.5 Å². The molecule has 1 aromatic rings. The molecule has 2 heterocycles. The Morgan fingerprint density at radius 2 is 2.00 bits per heavy atom. The molecule has 0 saturated carbocycles. The topological polar surface area (TPSA) is 50.3 Å². The van der Waals surface area contributed by atoms with Gasteiger partial charge in [0.25, 0.3) is 0 Å². The Morgan fingerprint density at radius 1 is 1.24 bits per heavy atom. The van der Waals surface area contributed by atoms with E-state index in [2.05, 4.69) is 27.1 Å². The van der Waals surface area contributed by atoms with Gasteiger partial charge >= 0.3 is 0 Å². The molecule has 1 saturated heterocycles. The van der Waals surface area contributed by atoms with Crippen LogP contribution in [0.5, 0.6) is 5.88 Å². The monoisotopic (exact) mass is 292 g/mol. The van der Waals surface area contributed by atoms with Gasteiger partial charge < -0.3 is 15.0 Å². The van der Waals surface area contributed by atoms with Crippen molar-refractivity contribution in [1.82, 2.24) is 14.9 Å². The van der Waals surface area contributed by atoms with Gasteiger partial charge in [-0.05, 0) is 45.7 Å². The number of rotatable bonds is 7. The van der Waals surface area contributed by atoms with Crippen molar-refractivity contribution in [1.29, 1.82) is 0 Å². The molecular formula is C16H28N4O. The Balaban J connectivity index is 1.76.